The zero-order valence-electron chi connectivity index (χ0n) is 18.6. The first-order valence-electron chi connectivity index (χ1n) is 10.4. The molecule has 0 aliphatic heterocycles. The highest BCUT2D eigenvalue weighted by Crippen LogP contribution is 2.24. The Labute approximate surface area is 202 Å². The monoisotopic (exact) mass is 482 g/mol. The van der Waals surface area contributed by atoms with Gasteiger partial charge in [-0.05, 0) is 61.8 Å². The highest BCUT2D eigenvalue weighted by Gasteiger charge is 2.15. The van der Waals surface area contributed by atoms with Gasteiger partial charge in [-0.2, -0.15) is 10.2 Å². The van der Waals surface area contributed by atoms with E-state index in [-0.39, 0.29) is 5.82 Å². The third kappa shape index (κ3) is 5.40. The summed E-state index contributed by atoms with van der Waals surface area (Å²) < 4.78 is 17.0. The van der Waals surface area contributed by atoms with Gasteiger partial charge in [-0.1, -0.05) is 41.9 Å². The third-order valence-electron chi connectivity index (χ3n) is 5.43. The van der Waals surface area contributed by atoms with Crippen LogP contribution in [0.25, 0.3) is 0 Å². The Morgan fingerprint density at radius 2 is 1.79 bits per heavy atom. The Morgan fingerprint density at radius 3 is 2.55 bits per heavy atom. The number of anilines is 2. The van der Waals surface area contributed by atoms with Crippen molar-refractivity contribution in [2.24, 2.45) is 0 Å². The first-order valence-corrected chi connectivity index (χ1v) is 11.2. The lowest BCUT2D eigenvalue weighted by molar-refractivity contribution is 0.622. The Kier molecular flexibility index (Phi) is 6.76. The molecule has 0 aliphatic carbocycles. The van der Waals surface area contributed by atoms with Crippen LogP contribution in [0.1, 0.15) is 28.1 Å². The van der Waals surface area contributed by atoms with Gasteiger partial charge in [-0.15, -0.1) is 0 Å². The average Bonchev–Trinajstić information content (AvgIpc) is 3.31. The molecule has 0 radical (unpaired) electrons. The first kappa shape index (κ1) is 22.9. The maximum Gasteiger partial charge on any atom is 0.176 e. The fraction of sp³-hybridized carbons (Fsp3) is 0.208. The molecule has 2 aromatic heterocycles. The number of hydrogen-bond donors (Lipinski definition) is 2. The second kappa shape index (κ2) is 9.72. The number of thiocarbonyl (C=S) groups is 1. The van der Waals surface area contributed by atoms with Crippen LogP contribution in [0.3, 0.4) is 0 Å². The van der Waals surface area contributed by atoms with E-state index in [1.807, 2.05) is 47.6 Å². The van der Waals surface area contributed by atoms with Crippen molar-refractivity contribution in [2.75, 3.05) is 10.6 Å². The van der Waals surface area contributed by atoms with Crippen LogP contribution in [0.4, 0.5) is 15.9 Å². The van der Waals surface area contributed by atoms with Gasteiger partial charge in [-0.3, -0.25) is 9.36 Å². The van der Waals surface area contributed by atoms with E-state index in [1.165, 1.54) is 23.3 Å². The number of halogens is 2. The lowest BCUT2D eigenvalue weighted by atomic mass is 10.1. The summed E-state index contributed by atoms with van der Waals surface area (Å²) >= 11 is 11.7. The number of benzene rings is 2. The molecule has 0 bridgehead atoms. The summed E-state index contributed by atoms with van der Waals surface area (Å²) in [6.07, 6.45) is 1.92. The topological polar surface area (TPSA) is 59.7 Å². The summed E-state index contributed by atoms with van der Waals surface area (Å²) in [4.78, 5) is 0. The molecule has 0 fully saturated rings. The van der Waals surface area contributed by atoms with Gasteiger partial charge in [0.2, 0.25) is 0 Å². The van der Waals surface area contributed by atoms with E-state index in [0.717, 1.165) is 22.6 Å². The van der Waals surface area contributed by atoms with Crippen LogP contribution in [-0.2, 0) is 13.1 Å². The summed E-state index contributed by atoms with van der Waals surface area (Å²) in [7, 11) is 0. The van der Waals surface area contributed by atoms with E-state index in [1.54, 1.807) is 6.07 Å². The largest absolute Gasteiger partial charge is 0.329 e. The van der Waals surface area contributed by atoms with Crippen LogP contribution < -0.4 is 10.6 Å². The molecule has 4 rings (SSSR count). The van der Waals surface area contributed by atoms with Gasteiger partial charge in [0.25, 0.3) is 0 Å². The predicted octanol–water partition coefficient (Wildman–Crippen LogP) is 5.70. The van der Waals surface area contributed by atoms with Crippen molar-refractivity contribution in [2.45, 2.75) is 33.9 Å². The van der Waals surface area contributed by atoms with Crippen molar-refractivity contribution in [1.29, 1.82) is 0 Å². The van der Waals surface area contributed by atoms with Crippen molar-refractivity contribution >= 4 is 40.4 Å². The van der Waals surface area contributed by atoms with Crippen LogP contribution in [0.15, 0.2) is 54.7 Å². The number of hydrogen-bond acceptors (Lipinski definition) is 3. The smallest absolute Gasteiger partial charge is 0.176 e. The molecule has 0 amide bonds. The molecule has 2 N–H and O–H groups in total. The molecular weight excluding hydrogens is 459 g/mol. The SMILES string of the molecule is Cc1ccccc1Cn1ccc(NC(=S)Nc2c(C)nn(Cc3ccc(F)cc3Cl)c2C)n1. The van der Waals surface area contributed by atoms with Crippen molar-refractivity contribution in [3.05, 3.63) is 93.6 Å². The fourth-order valence-corrected chi connectivity index (χ4v) is 4.02. The van der Waals surface area contributed by atoms with Gasteiger partial charge in [0.15, 0.2) is 10.9 Å². The zero-order chi connectivity index (χ0) is 23.5. The minimum Gasteiger partial charge on any atom is -0.329 e. The highest BCUT2D eigenvalue weighted by molar-refractivity contribution is 7.80. The summed E-state index contributed by atoms with van der Waals surface area (Å²) in [6, 6.07) is 14.5. The van der Waals surface area contributed by atoms with Crippen LogP contribution in [0.2, 0.25) is 5.02 Å². The summed E-state index contributed by atoms with van der Waals surface area (Å²) in [5.74, 6) is 0.291. The first-order chi connectivity index (χ1) is 15.8. The Balaban J connectivity index is 1.42. The van der Waals surface area contributed by atoms with Crippen molar-refractivity contribution in [3.63, 3.8) is 0 Å². The highest BCUT2D eigenvalue weighted by atomic mass is 35.5. The van der Waals surface area contributed by atoms with Crippen LogP contribution in [0, 0.1) is 26.6 Å². The van der Waals surface area contributed by atoms with Crippen LogP contribution >= 0.6 is 23.8 Å². The van der Waals surface area contributed by atoms with E-state index in [9.17, 15) is 4.39 Å². The van der Waals surface area contributed by atoms with E-state index in [2.05, 4.69) is 39.9 Å². The molecule has 9 heteroatoms. The normalized spacial score (nSPS) is 10.9. The number of rotatable bonds is 6. The quantitative estimate of drug-likeness (QED) is 0.345. The Morgan fingerprint density at radius 1 is 1.00 bits per heavy atom. The zero-order valence-corrected chi connectivity index (χ0v) is 20.1. The maximum absolute atomic E-state index is 13.3. The van der Waals surface area contributed by atoms with Gasteiger partial charge < -0.3 is 10.6 Å². The van der Waals surface area contributed by atoms with E-state index in [0.29, 0.717) is 29.0 Å². The molecule has 0 unspecified atom stereocenters. The predicted molar refractivity (Wildman–Crippen MR) is 135 cm³/mol. The number of aromatic nitrogens is 4. The standard InChI is InChI=1S/C24H24ClFN6S/c1-15-6-4-5-7-18(15)13-31-11-10-22(30-31)27-24(33)28-23-16(2)29-32(17(23)3)14-19-8-9-20(26)12-21(19)25/h4-12H,13-14H2,1-3H3,(H2,27,28,30,33). The number of nitrogens with one attached hydrogen (secondary N) is 2. The van der Waals surface area contributed by atoms with Gasteiger partial charge in [0.05, 0.1) is 30.2 Å². The Bertz CT molecular complexity index is 1310. The number of nitrogens with zero attached hydrogens (tertiary/aromatic N) is 4. The molecule has 6 nitrogen and oxygen atoms in total. The second-order valence-electron chi connectivity index (χ2n) is 7.84. The van der Waals surface area contributed by atoms with Crippen LogP contribution in [0.5, 0.6) is 0 Å². The molecular formula is C24H24ClFN6S. The van der Waals surface area contributed by atoms with Gasteiger partial charge in [-0.25, -0.2) is 4.39 Å². The summed E-state index contributed by atoms with van der Waals surface area (Å²) in [5.41, 5.74) is 5.72. The van der Waals surface area contributed by atoms with E-state index >= 15 is 0 Å². The molecule has 33 heavy (non-hydrogen) atoms. The lowest BCUT2D eigenvalue weighted by Gasteiger charge is -2.10. The van der Waals surface area contributed by atoms with Crippen molar-refractivity contribution in [3.8, 4) is 0 Å². The van der Waals surface area contributed by atoms with Gasteiger partial charge in [0.1, 0.15) is 5.82 Å². The lowest BCUT2D eigenvalue weighted by Crippen LogP contribution is -2.20. The molecule has 0 saturated heterocycles. The van der Waals surface area contributed by atoms with Crippen molar-refractivity contribution in [1.82, 2.24) is 19.6 Å². The van der Waals surface area contributed by atoms with Gasteiger partial charge in [0, 0.05) is 17.3 Å². The van der Waals surface area contributed by atoms with Crippen molar-refractivity contribution < 1.29 is 4.39 Å². The summed E-state index contributed by atoms with van der Waals surface area (Å²) in [5, 5.41) is 16.3. The minimum absolute atomic E-state index is 0.364. The number of aryl methyl sites for hydroxylation is 2. The molecule has 0 aliphatic rings. The molecule has 2 aromatic carbocycles. The molecule has 0 saturated carbocycles. The molecule has 2 heterocycles. The van der Waals surface area contributed by atoms with E-state index < -0.39 is 0 Å². The summed E-state index contributed by atoms with van der Waals surface area (Å²) in [6.45, 7) is 7.05. The van der Waals surface area contributed by atoms with Crippen LogP contribution in [-0.4, -0.2) is 24.7 Å². The average molecular weight is 483 g/mol. The second-order valence-corrected chi connectivity index (χ2v) is 8.66. The maximum atomic E-state index is 13.3. The molecule has 0 spiro atoms. The fourth-order valence-electron chi connectivity index (χ4n) is 3.58. The third-order valence-corrected chi connectivity index (χ3v) is 5.99. The van der Waals surface area contributed by atoms with E-state index in [4.69, 9.17) is 23.8 Å². The Hall–Kier alpha value is -3.23. The molecule has 4 aromatic rings. The molecule has 0 atom stereocenters. The van der Waals surface area contributed by atoms with Gasteiger partial charge >= 0.3 is 0 Å². The minimum atomic E-state index is -0.364. The molecule has 170 valence electrons.